The van der Waals surface area contributed by atoms with E-state index in [1.54, 1.807) is 36.4 Å². The lowest BCUT2D eigenvalue weighted by molar-refractivity contribution is -0.385. The first kappa shape index (κ1) is 17.2. The minimum absolute atomic E-state index is 0.0541. The molecule has 0 atom stereocenters. The fourth-order valence-corrected chi connectivity index (χ4v) is 3.38. The summed E-state index contributed by atoms with van der Waals surface area (Å²) in [7, 11) is 0. The average molecular weight is 375 g/mol. The molecule has 25 heavy (non-hydrogen) atoms. The van der Waals surface area contributed by atoms with E-state index in [4.69, 9.17) is 11.6 Å². The summed E-state index contributed by atoms with van der Waals surface area (Å²) in [5, 5.41) is 11.1. The van der Waals surface area contributed by atoms with E-state index in [0.29, 0.717) is 10.6 Å². The van der Waals surface area contributed by atoms with Crippen LogP contribution in [0.25, 0.3) is 6.08 Å². The SMILES string of the molecule is O=C1S/C(=C\c2ccccc2[N+](=O)[O-])C(=O)N1Cc1ccccc1Cl. The monoisotopic (exact) mass is 374 g/mol. The lowest BCUT2D eigenvalue weighted by Gasteiger charge is -2.13. The van der Waals surface area contributed by atoms with Gasteiger partial charge in [0.05, 0.1) is 21.9 Å². The summed E-state index contributed by atoms with van der Waals surface area (Å²) in [5.41, 5.74) is 0.801. The van der Waals surface area contributed by atoms with Gasteiger partial charge in [0, 0.05) is 11.1 Å². The Kier molecular flexibility index (Phi) is 4.87. The highest BCUT2D eigenvalue weighted by molar-refractivity contribution is 8.18. The van der Waals surface area contributed by atoms with Crippen LogP contribution < -0.4 is 0 Å². The van der Waals surface area contributed by atoms with Crippen LogP contribution in [0.2, 0.25) is 5.02 Å². The molecule has 1 aliphatic heterocycles. The van der Waals surface area contributed by atoms with E-state index in [0.717, 1.165) is 16.7 Å². The first-order chi connectivity index (χ1) is 12.0. The van der Waals surface area contributed by atoms with E-state index in [-0.39, 0.29) is 22.7 Å². The molecular weight excluding hydrogens is 364 g/mol. The molecular formula is C17H11ClN2O4S. The number of hydrogen-bond donors (Lipinski definition) is 0. The summed E-state index contributed by atoms with van der Waals surface area (Å²) in [4.78, 5) is 36.5. The molecule has 1 aliphatic rings. The molecule has 0 aromatic heterocycles. The quantitative estimate of drug-likeness (QED) is 0.447. The summed E-state index contributed by atoms with van der Waals surface area (Å²) in [6, 6.07) is 13.0. The zero-order chi connectivity index (χ0) is 18.0. The normalized spacial score (nSPS) is 15.9. The number of halogens is 1. The topological polar surface area (TPSA) is 80.5 Å². The molecule has 6 nitrogen and oxygen atoms in total. The second kappa shape index (κ2) is 7.08. The van der Waals surface area contributed by atoms with Gasteiger partial charge in [-0.05, 0) is 35.5 Å². The van der Waals surface area contributed by atoms with Gasteiger partial charge in [0.2, 0.25) is 0 Å². The number of para-hydroxylation sites is 1. The van der Waals surface area contributed by atoms with Gasteiger partial charge >= 0.3 is 0 Å². The molecule has 1 fully saturated rings. The molecule has 2 aromatic carbocycles. The van der Waals surface area contributed by atoms with Crippen molar-refractivity contribution in [3.05, 3.63) is 79.7 Å². The second-order valence-corrected chi connectivity index (χ2v) is 6.58. The van der Waals surface area contributed by atoms with Crippen LogP contribution in [-0.4, -0.2) is 21.0 Å². The van der Waals surface area contributed by atoms with Crippen LogP contribution in [-0.2, 0) is 11.3 Å². The Morgan fingerprint density at radius 2 is 1.80 bits per heavy atom. The van der Waals surface area contributed by atoms with E-state index in [2.05, 4.69) is 0 Å². The first-order valence-electron chi connectivity index (χ1n) is 7.19. The summed E-state index contributed by atoms with van der Waals surface area (Å²) in [5.74, 6) is -0.493. The number of nitrogens with zero attached hydrogens (tertiary/aromatic N) is 2. The van der Waals surface area contributed by atoms with Crippen molar-refractivity contribution in [3.8, 4) is 0 Å². The summed E-state index contributed by atoms with van der Waals surface area (Å²) in [6.45, 7) is 0.0541. The lowest BCUT2D eigenvalue weighted by atomic mass is 10.1. The first-order valence-corrected chi connectivity index (χ1v) is 8.39. The molecule has 0 radical (unpaired) electrons. The van der Waals surface area contributed by atoms with Crippen LogP contribution in [0.4, 0.5) is 10.5 Å². The Hall–Kier alpha value is -2.64. The summed E-state index contributed by atoms with van der Waals surface area (Å²) in [6.07, 6.45) is 1.37. The molecule has 8 heteroatoms. The highest BCUT2D eigenvalue weighted by Gasteiger charge is 2.35. The van der Waals surface area contributed by atoms with Gasteiger partial charge in [-0.25, -0.2) is 0 Å². The molecule has 0 saturated carbocycles. The smallest absolute Gasteiger partial charge is 0.268 e. The number of carbonyl (C=O) groups excluding carboxylic acids is 2. The van der Waals surface area contributed by atoms with Gasteiger partial charge in [0.25, 0.3) is 16.8 Å². The highest BCUT2D eigenvalue weighted by atomic mass is 35.5. The third-order valence-electron chi connectivity index (χ3n) is 3.58. The number of hydrogen-bond acceptors (Lipinski definition) is 5. The van der Waals surface area contributed by atoms with Gasteiger partial charge in [-0.3, -0.25) is 24.6 Å². The van der Waals surface area contributed by atoms with Crippen molar-refractivity contribution in [2.75, 3.05) is 0 Å². The number of benzene rings is 2. The van der Waals surface area contributed by atoms with E-state index >= 15 is 0 Å². The molecule has 0 bridgehead atoms. The number of imide groups is 1. The third kappa shape index (κ3) is 3.57. The second-order valence-electron chi connectivity index (χ2n) is 5.18. The predicted octanol–water partition coefficient (Wildman–Crippen LogP) is 4.48. The van der Waals surface area contributed by atoms with Crippen molar-refractivity contribution in [3.63, 3.8) is 0 Å². The molecule has 3 rings (SSSR count). The zero-order valence-electron chi connectivity index (χ0n) is 12.7. The number of nitro groups is 1. The Bertz CT molecular complexity index is 913. The Labute approximate surface area is 152 Å². The number of carbonyl (C=O) groups is 2. The molecule has 0 unspecified atom stereocenters. The van der Waals surface area contributed by atoms with Crippen molar-refractivity contribution in [1.29, 1.82) is 0 Å². The van der Waals surface area contributed by atoms with Gasteiger partial charge in [0.1, 0.15) is 0 Å². The maximum atomic E-state index is 12.5. The molecule has 0 N–H and O–H groups in total. The van der Waals surface area contributed by atoms with Gasteiger partial charge in [-0.2, -0.15) is 0 Å². The molecule has 2 aromatic rings. The van der Waals surface area contributed by atoms with Crippen molar-refractivity contribution in [2.45, 2.75) is 6.54 Å². The lowest BCUT2D eigenvalue weighted by Crippen LogP contribution is -2.27. The number of thioether (sulfide) groups is 1. The summed E-state index contributed by atoms with van der Waals surface area (Å²) >= 11 is 6.83. The standard InChI is InChI=1S/C17H11ClN2O4S/c18-13-7-3-1-6-12(13)10-19-16(21)15(25-17(19)22)9-11-5-2-4-8-14(11)20(23)24/h1-9H,10H2/b15-9-. The van der Waals surface area contributed by atoms with Gasteiger partial charge in [0.15, 0.2) is 0 Å². The van der Waals surface area contributed by atoms with Crippen molar-refractivity contribution >= 4 is 46.3 Å². The molecule has 2 amide bonds. The van der Waals surface area contributed by atoms with Gasteiger partial charge in [-0.1, -0.05) is 41.9 Å². The molecule has 126 valence electrons. The third-order valence-corrected chi connectivity index (χ3v) is 4.86. The Balaban J connectivity index is 1.89. The van der Waals surface area contributed by atoms with Crippen LogP contribution in [0.1, 0.15) is 11.1 Å². The average Bonchev–Trinajstić information content (AvgIpc) is 2.84. The Morgan fingerprint density at radius 3 is 2.52 bits per heavy atom. The van der Waals surface area contributed by atoms with Crippen molar-refractivity contribution in [1.82, 2.24) is 4.90 Å². The van der Waals surface area contributed by atoms with Gasteiger partial charge < -0.3 is 0 Å². The van der Waals surface area contributed by atoms with Crippen LogP contribution >= 0.6 is 23.4 Å². The van der Waals surface area contributed by atoms with Crippen LogP contribution in [0.5, 0.6) is 0 Å². The maximum absolute atomic E-state index is 12.5. The van der Waals surface area contributed by atoms with E-state index in [9.17, 15) is 19.7 Å². The largest absolute Gasteiger partial charge is 0.293 e. The highest BCUT2D eigenvalue weighted by Crippen LogP contribution is 2.35. The van der Waals surface area contributed by atoms with Crippen molar-refractivity contribution in [2.24, 2.45) is 0 Å². The fourth-order valence-electron chi connectivity index (χ4n) is 2.35. The maximum Gasteiger partial charge on any atom is 0.293 e. The Morgan fingerprint density at radius 1 is 1.12 bits per heavy atom. The number of amides is 2. The molecule has 0 aliphatic carbocycles. The van der Waals surface area contributed by atoms with E-state index < -0.39 is 16.1 Å². The van der Waals surface area contributed by atoms with Crippen molar-refractivity contribution < 1.29 is 14.5 Å². The van der Waals surface area contributed by atoms with Crippen LogP contribution in [0.3, 0.4) is 0 Å². The zero-order valence-corrected chi connectivity index (χ0v) is 14.3. The molecule has 1 saturated heterocycles. The fraction of sp³-hybridized carbons (Fsp3) is 0.0588. The van der Waals surface area contributed by atoms with Crippen LogP contribution in [0, 0.1) is 10.1 Å². The minimum Gasteiger partial charge on any atom is -0.268 e. The molecule has 1 heterocycles. The van der Waals surface area contributed by atoms with Gasteiger partial charge in [-0.15, -0.1) is 0 Å². The van der Waals surface area contributed by atoms with E-state index in [1.165, 1.54) is 18.2 Å². The molecule has 0 spiro atoms. The van der Waals surface area contributed by atoms with E-state index in [1.807, 2.05) is 0 Å². The predicted molar refractivity (Wildman–Crippen MR) is 96.1 cm³/mol. The summed E-state index contributed by atoms with van der Waals surface area (Å²) < 4.78 is 0. The number of rotatable bonds is 4. The minimum atomic E-state index is -0.528. The number of nitro benzene ring substituents is 1. The van der Waals surface area contributed by atoms with Crippen LogP contribution in [0.15, 0.2) is 53.4 Å².